The SMILES string of the molecule is COc1ccc(CN2CCCC23CCCN(CCO)C3=O)cc1Cn1cccn1. The van der Waals surface area contributed by atoms with Crippen LogP contribution in [0.2, 0.25) is 0 Å². The molecule has 7 heteroatoms. The topological polar surface area (TPSA) is 70.8 Å². The highest BCUT2D eigenvalue weighted by molar-refractivity contribution is 5.87. The van der Waals surface area contributed by atoms with Crippen molar-refractivity contribution in [2.24, 2.45) is 0 Å². The number of hydrogen-bond acceptors (Lipinski definition) is 5. The van der Waals surface area contributed by atoms with Gasteiger partial charge < -0.3 is 14.7 Å². The van der Waals surface area contributed by atoms with Crippen molar-refractivity contribution in [3.05, 3.63) is 47.8 Å². The second kappa shape index (κ2) is 8.55. The van der Waals surface area contributed by atoms with Gasteiger partial charge in [0.1, 0.15) is 11.3 Å². The molecule has 0 saturated carbocycles. The first-order valence-corrected chi connectivity index (χ1v) is 10.4. The highest BCUT2D eigenvalue weighted by Crippen LogP contribution is 2.39. The van der Waals surface area contributed by atoms with Gasteiger partial charge in [0.05, 0.1) is 20.3 Å². The van der Waals surface area contributed by atoms with E-state index in [4.69, 9.17) is 4.74 Å². The molecule has 0 radical (unpaired) electrons. The number of aliphatic hydroxyl groups excluding tert-OH is 1. The number of hydrogen-bond donors (Lipinski definition) is 1. The van der Waals surface area contributed by atoms with Crippen LogP contribution in [0.25, 0.3) is 0 Å². The third-order valence-corrected chi connectivity index (χ3v) is 6.31. The van der Waals surface area contributed by atoms with E-state index in [1.807, 2.05) is 27.9 Å². The van der Waals surface area contributed by atoms with E-state index in [9.17, 15) is 9.90 Å². The summed E-state index contributed by atoms with van der Waals surface area (Å²) in [6, 6.07) is 8.19. The quantitative estimate of drug-likeness (QED) is 0.771. The molecule has 29 heavy (non-hydrogen) atoms. The summed E-state index contributed by atoms with van der Waals surface area (Å²) in [5.41, 5.74) is 1.86. The Labute approximate surface area is 171 Å². The van der Waals surface area contributed by atoms with Crippen LogP contribution in [0, 0.1) is 0 Å². The molecule has 156 valence electrons. The van der Waals surface area contributed by atoms with Crippen LogP contribution >= 0.6 is 0 Å². The van der Waals surface area contributed by atoms with Gasteiger partial charge in [0, 0.05) is 37.6 Å². The van der Waals surface area contributed by atoms with E-state index in [0.29, 0.717) is 13.1 Å². The smallest absolute Gasteiger partial charge is 0.243 e. The van der Waals surface area contributed by atoms with Gasteiger partial charge in [-0.25, -0.2) is 0 Å². The van der Waals surface area contributed by atoms with Gasteiger partial charge in [0.25, 0.3) is 0 Å². The highest BCUT2D eigenvalue weighted by atomic mass is 16.5. The fourth-order valence-corrected chi connectivity index (χ4v) is 4.93. The van der Waals surface area contributed by atoms with E-state index >= 15 is 0 Å². The van der Waals surface area contributed by atoms with Crippen LogP contribution in [0.5, 0.6) is 5.75 Å². The largest absolute Gasteiger partial charge is 0.496 e. The molecule has 7 nitrogen and oxygen atoms in total. The van der Waals surface area contributed by atoms with Crippen molar-refractivity contribution in [3.8, 4) is 5.75 Å². The molecule has 0 bridgehead atoms. The Morgan fingerprint density at radius 1 is 1.21 bits per heavy atom. The zero-order valence-corrected chi connectivity index (χ0v) is 17.1. The van der Waals surface area contributed by atoms with Crippen molar-refractivity contribution >= 4 is 5.91 Å². The second-order valence-corrected chi connectivity index (χ2v) is 8.03. The summed E-state index contributed by atoms with van der Waals surface area (Å²) in [5, 5.41) is 13.6. The van der Waals surface area contributed by atoms with Gasteiger partial charge in [-0.3, -0.25) is 14.4 Å². The average molecular weight is 399 g/mol. The van der Waals surface area contributed by atoms with E-state index in [1.54, 1.807) is 13.3 Å². The molecule has 1 aromatic carbocycles. The summed E-state index contributed by atoms with van der Waals surface area (Å²) in [4.78, 5) is 17.5. The number of likely N-dealkylation sites (tertiary alicyclic amines) is 2. The summed E-state index contributed by atoms with van der Waals surface area (Å²) in [5.74, 6) is 1.05. The molecule has 1 amide bonds. The number of ether oxygens (including phenoxy) is 1. The number of aliphatic hydroxyl groups is 1. The lowest BCUT2D eigenvalue weighted by atomic mass is 9.85. The summed E-state index contributed by atoms with van der Waals surface area (Å²) in [6.07, 6.45) is 7.56. The first kappa shape index (κ1) is 19.9. The van der Waals surface area contributed by atoms with Crippen molar-refractivity contribution in [2.45, 2.75) is 44.3 Å². The van der Waals surface area contributed by atoms with Crippen molar-refractivity contribution in [1.82, 2.24) is 19.6 Å². The minimum atomic E-state index is -0.407. The molecular weight excluding hydrogens is 368 g/mol. The number of piperidine rings is 1. The number of methoxy groups -OCH3 is 1. The van der Waals surface area contributed by atoms with Gasteiger partial charge in [0.15, 0.2) is 0 Å². The number of β-amino-alcohol motifs (C(OH)–C–C–N with tert-alkyl or cyclic N) is 1. The molecule has 1 atom stereocenters. The van der Waals surface area contributed by atoms with Crippen molar-refractivity contribution in [2.75, 3.05) is 33.4 Å². The van der Waals surface area contributed by atoms with Crippen molar-refractivity contribution < 1.29 is 14.6 Å². The molecule has 0 aliphatic carbocycles. The van der Waals surface area contributed by atoms with Crippen molar-refractivity contribution in [1.29, 1.82) is 0 Å². The normalized spacial score (nSPS) is 22.6. The molecule has 2 aromatic rings. The minimum absolute atomic E-state index is 0.0249. The van der Waals surface area contributed by atoms with E-state index in [1.165, 1.54) is 5.56 Å². The van der Waals surface area contributed by atoms with Gasteiger partial charge >= 0.3 is 0 Å². The van der Waals surface area contributed by atoms with E-state index < -0.39 is 5.54 Å². The monoisotopic (exact) mass is 398 g/mol. The highest BCUT2D eigenvalue weighted by Gasteiger charge is 2.50. The molecule has 1 N–H and O–H groups in total. The number of aromatic nitrogens is 2. The van der Waals surface area contributed by atoms with Crippen molar-refractivity contribution in [3.63, 3.8) is 0 Å². The molecule has 1 aromatic heterocycles. The number of nitrogens with zero attached hydrogens (tertiary/aromatic N) is 4. The third-order valence-electron chi connectivity index (χ3n) is 6.31. The fraction of sp³-hybridized carbons (Fsp3) is 0.545. The summed E-state index contributed by atoms with van der Waals surface area (Å²) < 4.78 is 7.43. The van der Waals surface area contributed by atoms with E-state index in [2.05, 4.69) is 22.1 Å². The van der Waals surface area contributed by atoms with Crippen LogP contribution in [0.1, 0.15) is 36.8 Å². The molecule has 4 rings (SSSR count). The zero-order valence-electron chi connectivity index (χ0n) is 17.1. The number of carbonyl (C=O) groups excluding carboxylic acids is 1. The molecule has 2 fully saturated rings. The Bertz CT molecular complexity index is 837. The Morgan fingerprint density at radius 2 is 2.03 bits per heavy atom. The zero-order chi connectivity index (χ0) is 20.3. The fourth-order valence-electron chi connectivity index (χ4n) is 4.93. The maximum atomic E-state index is 13.3. The molecule has 2 aliphatic rings. The van der Waals surface area contributed by atoms with Gasteiger partial charge in [-0.15, -0.1) is 0 Å². The van der Waals surface area contributed by atoms with Gasteiger partial charge in [-0.05, 0) is 56.0 Å². The molecule has 3 heterocycles. The van der Waals surface area contributed by atoms with Crippen LogP contribution < -0.4 is 4.74 Å². The first-order chi connectivity index (χ1) is 14.2. The van der Waals surface area contributed by atoms with Crippen LogP contribution in [-0.2, 0) is 17.9 Å². The lowest BCUT2D eigenvalue weighted by molar-refractivity contribution is -0.148. The molecule has 1 spiro atoms. The molecule has 2 aliphatic heterocycles. The van der Waals surface area contributed by atoms with Crippen LogP contribution in [0.15, 0.2) is 36.7 Å². The predicted octanol–water partition coefficient (Wildman–Crippen LogP) is 1.89. The number of rotatable bonds is 7. The first-order valence-electron chi connectivity index (χ1n) is 10.4. The average Bonchev–Trinajstić information content (AvgIpc) is 3.37. The Hall–Kier alpha value is -2.38. The Balaban J connectivity index is 1.55. The van der Waals surface area contributed by atoms with Gasteiger partial charge in [-0.2, -0.15) is 5.10 Å². The van der Waals surface area contributed by atoms with E-state index in [-0.39, 0.29) is 12.5 Å². The summed E-state index contributed by atoms with van der Waals surface area (Å²) in [6.45, 7) is 3.54. The minimum Gasteiger partial charge on any atom is -0.496 e. The number of carbonyl (C=O) groups is 1. The third kappa shape index (κ3) is 3.89. The maximum Gasteiger partial charge on any atom is 0.243 e. The Kier molecular flexibility index (Phi) is 5.87. The molecular formula is C22H30N4O3. The van der Waals surface area contributed by atoms with Crippen LogP contribution in [0.4, 0.5) is 0 Å². The second-order valence-electron chi connectivity index (χ2n) is 8.03. The lowest BCUT2D eigenvalue weighted by Crippen LogP contribution is -2.60. The van der Waals surface area contributed by atoms with Crippen LogP contribution in [-0.4, -0.2) is 69.5 Å². The van der Waals surface area contributed by atoms with Gasteiger partial charge in [-0.1, -0.05) is 6.07 Å². The standard InChI is InChI=1S/C22H30N4O3/c1-29-20-6-5-18(15-19(20)17-26-12-4-9-23-26)16-25-11-3-8-22(25)7-2-10-24(13-14-27)21(22)28/h4-6,9,12,15,27H,2-3,7-8,10-11,13-14,16-17H2,1H3. The number of benzene rings is 1. The Morgan fingerprint density at radius 3 is 2.76 bits per heavy atom. The van der Waals surface area contributed by atoms with E-state index in [0.717, 1.165) is 56.6 Å². The lowest BCUT2D eigenvalue weighted by Gasteiger charge is -2.44. The number of amides is 1. The van der Waals surface area contributed by atoms with Gasteiger partial charge in [0.2, 0.25) is 5.91 Å². The van der Waals surface area contributed by atoms with Crippen LogP contribution in [0.3, 0.4) is 0 Å². The summed E-state index contributed by atoms with van der Waals surface area (Å²) >= 11 is 0. The molecule has 1 unspecified atom stereocenters. The predicted molar refractivity (Wildman–Crippen MR) is 110 cm³/mol. The summed E-state index contributed by atoms with van der Waals surface area (Å²) in [7, 11) is 1.69. The maximum absolute atomic E-state index is 13.3. The molecule has 2 saturated heterocycles.